The van der Waals surface area contributed by atoms with Crippen molar-refractivity contribution in [1.29, 1.82) is 0 Å². The first kappa shape index (κ1) is 13.5. The number of carbonyl (C=O) groups is 1. The molecule has 0 heterocycles. The van der Waals surface area contributed by atoms with Gasteiger partial charge in [0.1, 0.15) is 0 Å². The van der Waals surface area contributed by atoms with Gasteiger partial charge in [0.05, 0.1) is 5.56 Å². The molecule has 0 saturated carbocycles. The summed E-state index contributed by atoms with van der Waals surface area (Å²) in [6.07, 6.45) is 0. The molecule has 7 rings (SSSR count). The number of benzene rings is 7. The molecule has 0 unspecified atom stereocenters. The van der Waals surface area contributed by atoms with Crippen molar-refractivity contribution in [1.82, 2.24) is 0 Å². The molecule has 27 heavy (non-hydrogen) atoms. The molecular weight excluding hydrogens is 332 g/mol. The first-order valence-electron chi connectivity index (χ1n) is 9.06. The van der Waals surface area contributed by atoms with Crippen molar-refractivity contribution in [2.75, 3.05) is 0 Å². The smallest absolute Gasteiger partial charge is 0.336 e. The average Bonchev–Trinajstić information content (AvgIpc) is 2.71. The largest absolute Gasteiger partial charge is 0.478 e. The van der Waals surface area contributed by atoms with Gasteiger partial charge in [0.25, 0.3) is 0 Å². The lowest BCUT2D eigenvalue weighted by atomic mass is 9.82. The summed E-state index contributed by atoms with van der Waals surface area (Å²) in [6, 6.07) is 23.1. The van der Waals surface area contributed by atoms with Crippen LogP contribution in [-0.4, -0.2) is 11.1 Å². The predicted molar refractivity (Wildman–Crippen MR) is 112 cm³/mol. The fraction of sp³-hybridized carbons (Fsp3) is 0. The number of carboxylic acid groups (broad SMARTS) is 1. The van der Waals surface area contributed by atoms with Crippen LogP contribution in [0.2, 0.25) is 0 Å². The molecule has 0 saturated heterocycles. The van der Waals surface area contributed by atoms with Crippen molar-refractivity contribution >= 4 is 70.6 Å². The quantitative estimate of drug-likeness (QED) is 0.268. The molecule has 124 valence electrons. The van der Waals surface area contributed by atoms with E-state index >= 15 is 0 Å². The molecule has 0 aromatic heterocycles. The van der Waals surface area contributed by atoms with Crippen molar-refractivity contribution in [3.05, 3.63) is 72.3 Å². The van der Waals surface area contributed by atoms with Gasteiger partial charge in [0.15, 0.2) is 0 Å². The van der Waals surface area contributed by atoms with Crippen LogP contribution in [0.5, 0.6) is 0 Å². The summed E-state index contributed by atoms with van der Waals surface area (Å²) in [6.45, 7) is 0. The third kappa shape index (κ3) is 1.40. The average molecular weight is 344 g/mol. The zero-order chi connectivity index (χ0) is 17.9. The number of carboxylic acids is 1. The van der Waals surface area contributed by atoms with Gasteiger partial charge in [-0.1, -0.05) is 60.7 Å². The van der Waals surface area contributed by atoms with Crippen LogP contribution in [0.15, 0.2) is 66.7 Å². The minimum Gasteiger partial charge on any atom is -0.478 e. The van der Waals surface area contributed by atoms with E-state index in [1.807, 2.05) is 12.1 Å². The third-order valence-electron chi connectivity index (χ3n) is 6.23. The van der Waals surface area contributed by atoms with E-state index in [1.165, 1.54) is 43.1 Å². The van der Waals surface area contributed by atoms with Crippen LogP contribution >= 0.6 is 0 Å². The second-order valence-electron chi connectivity index (χ2n) is 7.47. The van der Waals surface area contributed by atoms with Crippen molar-refractivity contribution in [3.8, 4) is 0 Å². The molecule has 2 heteroatoms. The summed E-state index contributed by atoms with van der Waals surface area (Å²) in [7, 11) is 0. The molecule has 0 amide bonds. The predicted octanol–water partition coefficient (Wildman–Crippen LogP) is 6.62. The summed E-state index contributed by atoms with van der Waals surface area (Å²) in [4.78, 5) is 12.0. The van der Waals surface area contributed by atoms with Gasteiger partial charge < -0.3 is 5.11 Å². The lowest BCUT2D eigenvalue weighted by Gasteiger charge is -2.21. The van der Waals surface area contributed by atoms with Crippen LogP contribution in [-0.2, 0) is 0 Å². The van der Waals surface area contributed by atoms with Gasteiger partial charge in [-0.2, -0.15) is 0 Å². The van der Waals surface area contributed by atoms with Crippen LogP contribution in [0.1, 0.15) is 10.4 Å². The lowest BCUT2D eigenvalue weighted by Crippen LogP contribution is -2.00. The fourth-order valence-corrected chi connectivity index (χ4v) is 5.16. The molecule has 0 aliphatic carbocycles. The van der Waals surface area contributed by atoms with Crippen molar-refractivity contribution in [2.45, 2.75) is 0 Å². The van der Waals surface area contributed by atoms with Crippen molar-refractivity contribution in [2.24, 2.45) is 0 Å². The van der Waals surface area contributed by atoms with E-state index in [0.717, 1.165) is 21.5 Å². The highest BCUT2D eigenvalue weighted by Crippen LogP contribution is 2.48. The molecule has 0 bridgehead atoms. The van der Waals surface area contributed by atoms with E-state index in [1.54, 1.807) is 0 Å². The highest BCUT2D eigenvalue weighted by Gasteiger charge is 2.22. The maximum atomic E-state index is 12.0. The normalized spacial score (nSPS) is 12.7. The standard InChI is InChI=1S/C25H12O2/c26-25(27)18-11-16-8-7-14-4-2-12-1-3-13-5-6-15-9-10-17(18)24-22(15)20(13)19(12)21(14)23(16)24/h1-11H,(H,26,27). The topological polar surface area (TPSA) is 37.3 Å². The molecule has 0 radical (unpaired) electrons. The minimum atomic E-state index is -0.874. The third-order valence-corrected chi connectivity index (χ3v) is 6.23. The van der Waals surface area contributed by atoms with E-state index in [-0.39, 0.29) is 0 Å². The highest BCUT2D eigenvalue weighted by molar-refractivity contribution is 6.45. The zero-order valence-corrected chi connectivity index (χ0v) is 14.2. The van der Waals surface area contributed by atoms with Gasteiger partial charge in [-0.3, -0.25) is 0 Å². The van der Waals surface area contributed by atoms with E-state index in [0.29, 0.717) is 5.56 Å². The Bertz CT molecular complexity index is 1630. The number of hydrogen-bond acceptors (Lipinski definition) is 1. The second kappa shape index (κ2) is 4.18. The van der Waals surface area contributed by atoms with Gasteiger partial charge in [0.2, 0.25) is 0 Å². The van der Waals surface area contributed by atoms with Gasteiger partial charge in [-0.05, 0) is 70.7 Å². The summed E-state index contributed by atoms with van der Waals surface area (Å²) >= 11 is 0. The molecule has 0 aliphatic heterocycles. The van der Waals surface area contributed by atoms with E-state index in [4.69, 9.17) is 0 Å². The number of rotatable bonds is 1. The first-order valence-corrected chi connectivity index (χ1v) is 9.06. The first-order chi connectivity index (χ1) is 13.2. The minimum absolute atomic E-state index is 0.377. The number of hydrogen-bond donors (Lipinski definition) is 1. The van der Waals surface area contributed by atoms with E-state index in [9.17, 15) is 9.90 Å². The Hall–Kier alpha value is -3.65. The molecule has 7 aromatic carbocycles. The molecular formula is C25H12O2. The maximum Gasteiger partial charge on any atom is 0.336 e. The van der Waals surface area contributed by atoms with Gasteiger partial charge in [-0.15, -0.1) is 0 Å². The second-order valence-corrected chi connectivity index (χ2v) is 7.47. The Morgan fingerprint density at radius 3 is 1.37 bits per heavy atom. The van der Waals surface area contributed by atoms with E-state index in [2.05, 4.69) is 54.6 Å². The zero-order valence-electron chi connectivity index (χ0n) is 14.2. The van der Waals surface area contributed by atoms with Crippen molar-refractivity contribution < 1.29 is 9.90 Å². The monoisotopic (exact) mass is 344 g/mol. The Morgan fingerprint density at radius 2 is 0.889 bits per heavy atom. The number of aromatic carboxylic acids is 1. The Labute approximate surface area is 153 Å². The van der Waals surface area contributed by atoms with Crippen LogP contribution in [0.25, 0.3) is 64.6 Å². The molecule has 0 atom stereocenters. The lowest BCUT2D eigenvalue weighted by molar-refractivity contribution is 0.0699. The molecule has 0 aliphatic rings. The van der Waals surface area contributed by atoms with Crippen LogP contribution in [0.3, 0.4) is 0 Å². The van der Waals surface area contributed by atoms with Crippen LogP contribution in [0, 0.1) is 0 Å². The van der Waals surface area contributed by atoms with Gasteiger partial charge in [0, 0.05) is 0 Å². The Balaban J connectivity index is 2.03. The summed E-state index contributed by atoms with van der Waals surface area (Å²) < 4.78 is 0. The SMILES string of the molecule is O=C(O)c1cc2ccc3ccc4ccc5ccc6ccc1c1c6c5c4c3c21. The highest BCUT2D eigenvalue weighted by atomic mass is 16.4. The van der Waals surface area contributed by atoms with Gasteiger partial charge in [-0.25, -0.2) is 4.79 Å². The maximum absolute atomic E-state index is 12.0. The van der Waals surface area contributed by atoms with Crippen LogP contribution < -0.4 is 0 Å². The van der Waals surface area contributed by atoms with E-state index < -0.39 is 5.97 Å². The fourth-order valence-electron chi connectivity index (χ4n) is 5.16. The van der Waals surface area contributed by atoms with Crippen molar-refractivity contribution in [3.63, 3.8) is 0 Å². The summed E-state index contributed by atoms with van der Waals surface area (Å²) in [5.41, 5.74) is 0.377. The molecule has 1 N–H and O–H groups in total. The molecule has 2 nitrogen and oxygen atoms in total. The molecule has 0 spiro atoms. The molecule has 0 fully saturated rings. The summed E-state index contributed by atoms with van der Waals surface area (Å²) in [5.74, 6) is -0.874. The Morgan fingerprint density at radius 1 is 0.519 bits per heavy atom. The Kier molecular flexibility index (Phi) is 2.10. The molecule has 7 aromatic rings. The summed E-state index contributed by atoms with van der Waals surface area (Å²) in [5, 5.41) is 23.7. The van der Waals surface area contributed by atoms with Gasteiger partial charge >= 0.3 is 5.97 Å². The van der Waals surface area contributed by atoms with Crippen LogP contribution in [0.4, 0.5) is 0 Å².